The molecule has 0 aromatic carbocycles. The van der Waals surface area contributed by atoms with Gasteiger partial charge in [0.15, 0.2) is 0 Å². The standard InChI is InChI=1S/C8H11F3O/c9-7-2-1-5(8(10)11)3-6(7)4-12/h1,6-8,12H,2-4H2. The molecule has 0 bridgehead atoms. The number of aliphatic hydroxyl groups excluding tert-OH is 1. The van der Waals surface area contributed by atoms with Crippen molar-refractivity contribution >= 4 is 0 Å². The topological polar surface area (TPSA) is 20.2 Å². The molecule has 0 aliphatic heterocycles. The summed E-state index contributed by atoms with van der Waals surface area (Å²) in [7, 11) is 0. The summed E-state index contributed by atoms with van der Waals surface area (Å²) in [5, 5.41) is 8.65. The van der Waals surface area contributed by atoms with Crippen LogP contribution >= 0.6 is 0 Å². The van der Waals surface area contributed by atoms with Gasteiger partial charge in [-0.2, -0.15) is 0 Å². The van der Waals surface area contributed by atoms with Crippen LogP contribution in [0.1, 0.15) is 12.8 Å². The molecule has 2 unspecified atom stereocenters. The second kappa shape index (κ2) is 3.94. The molecule has 1 N–H and O–H groups in total. The van der Waals surface area contributed by atoms with Gasteiger partial charge in [-0.1, -0.05) is 6.08 Å². The predicted octanol–water partition coefficient (Wildman–Crippen LogP) is 1.92. The number of aliphatic hydroxyl groups is 1. The van der Waals surface area contributed by atoms with Crippen LogP contribution in [-0.2, 0) is 0 Å². The van der Waals surface area contributed by atoms with E-state index in [1.165, 1.54) is 6.08 Å². The zero-order valence-corrected chi connectivity index (χ0v) is 6.51. The minimum atomic E-state index is -2.51. The zero-order chi connectivity index (χ0) is 9.14. The molecule has 1 aliphatic carbocycles. The molecule has 1 aliphatic rings. The van der Waals surface area contributed by atoms with Crippen molar-refractivity contribution in [3.8, 4) is 0 Å². The summed E-state index contributed by atoms with van der Waals surface area (Å²) < 4.78 is 37.0. The fourth-order valence-electron chi connectivity index (χ4n) is 1.33. The van der Waals surface area contributed by atoms with Crippen molar-refractivity contribution < 1.29 is 18.3 Å². The first-order valence-electron chi connectivity index (χ1n) is 3.87. The quantitative estimate of drug-likeness (QED) is 0.643. The summed E-state index contributed by atoms with van der Waals surface area (Å²) in [5.41, 5.74) is -0.0389. The van der Waals surface area contributed by atoms with Crippen molar-refractivity contribution in [3.05, 3.63) is 11.6 Å². The first-order chi connectivity index (χ1) is 5.65. The summed E-state index contributed by atoms with van der Waals surface area (Å²) in [6, 6.07) is 0. The van der Waals surface area contributed by atoms with Gasteiger partial charge in [0.1, 0.15) is 6.17 Å². The van der Waals surface area contributed by atoms with Gasteiger partial charge in [-0.05, 0) is 18.4 Å². The number of allylic oxidation sites excluding steroid dienone is 2. The van der Waals surface area contributed by atoms with Gasteiger partial charge in [-0.3, -0.25) is 0 Å². The van der Waals surface area contributed by atoms with Crippen LogP contribution < -0.4 is 0 Å². The van der Waals surface area contributed by atoms with Gasteiger partial charge in [0, 0.05) is 12.5 Å². The Balaban J connectivity index is 2.60. The number of halogens is 3. The maximum absolute atomic E-state index is 12.8. The van der Waals surface area contributed by atoms with E-state index < -0.39 is 18.5 Å². The lowest BCUT2D eigenvalue weighted by atomic mass is 9.88. The van der Waals surface area contributed by atoms with Crippen LogP contribution in [0.15, 0.2) is 11.6 Å². The molecule has 1 rings (SSSR count). The molecule has 0 aromatic heterocycles. The lowest BCUT2D eigenvalue weighted by Gasteiger charge is -2.23. The number of rotatable bonds is 2. The van der Waals surface area contributed by atoms with Crippen molar-refractivity contribution in [1.29, 1.82) is 0 Å². The van der Waals surface area contributed by atoms with Gasteiger partial charge in [0.2, 0.25) is 0 Å². The van der Waals surface area contributed by atoms with E-state index in [1.54, 1.807) is 0 Å². The molecule has 0 spiro atoms. The van der Waals surface area contributed by atoms with E-state index in [2.05, 4.69) is 0 Å². The Bertz CT molecular complexity index is 179. The number of hydrogen-bond acceptors (Lipinski definition) is 1. The van der Waals surface area contributed by atoms with Gasteiger partial charge in [0.05, 0.1) is 0 Å². The van der Waals surface area contributed by atoms with Crippen LogP contribution in [0.25, 0.3) is 0 Å². The van der Waals surface area contributed by atoms with Crippen molar-refractivity contribution in [2.24, 2.45) is 5.92 Å². The molecule has 0 aromatic rings. The van der Waals surface area contributed by atoms with E-state index in [4.69, 9.17) is 5.11 Å². The summed E-state index contributed by atoms with van der Waals surface area (Å²) in [6.45, 7) is -0.356. The van der Waals surface area contributed by atoms with Gasteiger partial charge in [0.25, 0.3) is 6.43 Å². The molecule has 0 radical (unpaired) electrons. The van der Waals surface area contributed by atoms with E-state index in [9.17, 15) is 13.2 Å². The van der Waals surface area contributed by atoms with Crippen molar-refractivity contribution in [2.75, 3.05) is 6.61 Å². The monoisotopic (exact) mass is 180 g/mol. The Labute approximate surface area is 68.9 Å². The van der Waals surface area contributed by atoms with Gasteiger partial charge in [-0.15, -0.1) is 0 Å². The van der Waals surface area contributed by atoms with Crippen LogP contribution in [0.5, 0.6) is 0 Å². The third-order valence-corrected chi connectivity index (χ3v) is 2.13. The highest BCUT2D eigenvalue weighted by atomic mass is 19.3. The maximum Gasteiger partial charge on any atom is 0.259 e. The molecule has 0 saturated carbocycles. The Morgan fingerprint density at radius 3 is 2.75 bits per heavy atom. The molecule has 0 amide bonds. The molecule has 12 heavy (non-hydrogen) atoms. The molecule has 4 heteroatoms. The molecule has 0 saturated heterocycles. The van der Waals surface area contributed by atoms with E-state index in [-0.39, 0.29) is 25.0 Å². The predicted molar refractivity (Wildman–Crippen MR) is 38.8 cm³/mol. The summed E-state index contributed by atoms with van der Waals surface area (Å²) in [4.78, 5) is 0. The highest BCUT2D eigenvalue weighted by molar-refractivity contribution is 5.11. The average molecular weight is 180 g/mol. The Morgan fingerprint density at radius 1 is 1.58 bits per heavy atom. The van der Waals surface area contributed by atoms with Crippen molar-refractivity contribution in [2.45, 2.75) is 25.4 Å². The second-order valence-electron chi connectivity index (χ2n) is 2.98. The summed E-state index contributed by atoms with van der Waals surface area (Å²) in [6.07, 6.45) is -2.45. The smallest absolute Gasteiger partial charge is 0.259 e. The van der Waals surface area contributed by atoms with Crippen LogP contribution in [0.2, 0.25) is 0 Å². The van der Waals surface area contributed by atoms with E-state index in [0.29, 0.717) is 0 Å². The SMILES string of the molecule is OCC1CC(C(F)F)=CCC1F. The molecular weight excluding hydrogens is 169 g/mol. The van der Waals surface area contributed by atoms with E-state index >= 15 is 0 Å². The number of alkyl halides is 3. The van der Waals surface area contributed by atoms with Crippen molar-refractivity contribution in [1.82, 2.24) is 0 Å². The van der Waals surface area contributed by atoms with Crippen LogP contribution in [-0.4, -0.2) is 24.3 Å². The summed E-state index contributed by atoms with van der Waals surface area (Å²) in [5.74, 6) is -0.640. The summed E-state index contributed by atoms with van der Waals surface area (Å²) >= 11 is 0. The fourth-order valence-corrected chi connectivity index (χ4v) is 1.33. The highest BCUT2D eigenvalue weighted by Crippen LogP contribution is 2.29. The normalized spacial score (nSPS) is 30.6. The Kier molecular flexibility index (Phi) is 3.14. The third kappa shape index (κ3) is 2.00. The van der Waals surface area contributed by atoms with E-state index in [1.807, 2.05) is 0 Å². The third-order valence-electron chi connectivity index (χ3n) is 2.13. The molecular formula is C8H11F3O. The fraction of sp³-hybridized carbons (Fsp3) is 0.750. The zero-order valence-electron chi connectivity index (χ0n) is 6.51. The first kappa shape index (κ1) is 9.58. The van der Waals surface area contributed by atoms with Gasteiger partial charge in [-0.25, -0.2) is 13.2 Å². The lowest BCUT2D eigenvalue weighted by Crippen LogP contribution is -2.25. The minimum absolute atomic E-state index is 0.00486. The first-order valence-corrected chi connectivity index (χ1v) is 3.87. The largest absolute Gasteiger partial charge is 0.396 e. The Hall–Kier alpha value is -0.510. The van der Waals surface area contributed by atoms with Crippen LogP contribution in [0.3, 0.4) is 0 Å². The van der Waals surface area contributed by atoms with Crippen LogP contribution in [0, 0.1) is 5.92 Å². The Morgan fingerprint density at radius 2 is 2.25 bits per heavy atom. The average Bonchev–Trinajstić information content (AvgIpc) is 2.05. The maximum atomic E-state index is 12.8. The van der Waals surface area contributed by atoms with Gasteiger partial charge < -0.3 is 5.11 Å². The second-order valence-corrected chi connectivity index (χ2v) is 2.98. The molecule has 0 fully saturated rings. The molecule has 1 nitrogen and oxygen atoms in total. The molecule has 0 heterocycles. The van der Waals surface area contributed by atoms with Gasteiger partial charge >= 0.3 is 0 Å². The van der Waals surface area contributed by atoms with Crippen molar-refractivity contribution in [3.63, 3.8) is 0 Å². The number of hydrogen-bond donors (Lipinski definition) is 1. The lowest BCUT2D eigenvalue weighted by molar-refractivity contribution is 0.113. The minimum Gasteiger partial charge on any atom is -0.396 e. The molecule has 70 valence electrons. The van der Waals surface area contributed by atoms with E-state index in [0.717, 1.165) is 0 Å². The van der Waals surface area contributed by atoms with Crippen LogP contribution in [0.4, 0.5) is 13.2 Å². The highest BCUT2D eigenvalue weighted by Gasteiger charge is 2.28. The molecule has 2 atom stereocenters.